The van der Waals surface area contributed by atoms with Crippen molar-refractivity contribution in [2.24, 2.45) is 0 Å². The van der Waals surface area contributed by atoms with Crippen molar-refractivity contribution < 1.29 is 9.50 Å². The van der Waals surface area contributed by atoms with Crippen LogP contribution in [0.5, 0.6) is 5.75 Å². The monoisotopic (exact) mass is 270 g/mol. The maximum absolute atomic E-state index is 13.2. The van der Waals surface area contributed by atoms with Gasteiger partial charge in [-0.05, 0) is 43.3 Å². The third-order valence-electron chi connectivity index (χ3n) is 3.11. The highest BCUT2D eigenvalue weighted by molar-refractivity contribution is 5.78. The SMILES string of the molecule is Cc1nc2cc(F)ccc2c(=O)n1-c1ccc(O)cc1. The van der Waals surface area contributed by atoms with E-state index in [9.17, 15) is 14.3 Å². The van der Waals surface area contributed by atoms with Crippen molar-refractivity contribution in [3.05, 3.63) is 64.5 Å². The lowest BCUT2D eigenvalue weighted by atomic mass is 10.2. The summed E-state index contributed by atoms with van der Waals surface area (Å²) in [6, 6.07) is 10.1. The molecular weight excluding hydrogens is 259 g/mol. The van der Waals surface area contributed by atoms with Crippen LogP contribution >= 0.6 is 0 Å². The fourth-order valence-corrected chi connectivity index (χ4v) is 2.18. The van der Waals surface area contributed by atoms with E-state index in [2.05, 4.69) is 4.98 Å². The molecule has 0 aliphatic heterocycles. The van der Waals surface area contributed by atoms with Gasteiger partial charge < -0.3 is 5.11 Å². The molecule has 0 aliphatic carbocycles. The van der Waals surface area contributed by atoms with Crippen LogP contribution < -0.4 is 5.56 Å². The smallest absolute Gasteiger partial charge is 0.265 e. The predicted octanol–water partition coefficient (Wildman–Crippen LogP) is 2.54. The molecule has 100 valence electrons. The quantitative estimate of drug-likeness (QED) is 0.739. The zero-order valence-corrected chi connectivity index (χ0v) is 10.7. The minimum atomic E-state index is -0.425. The number of aromatic nitrogens is 2. The first kappa shape index (κ1) is 12.3. The molecule has 0 bridgehead atoms. The van der Waals surface area contributed by atoms with Crippen LogP contribution in [0.25, 0.3) is 16.6 Å². The van der Waals surface area contributed by atoms with Crippen LogP contribution in [0.15, 0.2) is 47.3 Å². The lowest BCUT2D eigenvalue weighted by molar-refractivity contribution is 0.475. The van der Waals surface area contributed by atoms with E-state index in [0.29, 0.717) is 22.4 Å². The summed E-state index contributed by atoms with van der Waals surface area (Å²) in [7, 11) is 0. The number of phenols is 1. The molecule has 2 aromatic carbocycles. The average Bonchev–Trinajstić information content (AvgIpc) is 2.40. The van der Waals surface area contributed by atoms with Crippen molar-refractivity contribution in [3.8, 4) is 11.4 Å². The minimum absolute atomic E-state index is 0.121. The van der Waals surface area contributed by atoms with Crippen molar-refractivity contribution in [2.75, 3.05) is 0 Å². The number of hydrogen-bond acceptors (Lipinski definition) is 3. The van der Waals surface area contributed by atoms with Gasteiger partial charge in [-0.1, -0.05) is 0 Å². The minimum Gasteiger partial charge on any atom is -0.508 e. The molecule has 0 amide bonds. The van der Waals surface area contributed by atoms with Gasteiger partial charge in [-0.25, -0.2) is 9.37 Å². The van der Waals surface area contributed by atoms with E-state index >= 15 is 0 Å². The Morgan fingerprint density at radius 3 is 2.55 bits per heavy atom. The summed E-state index contributed by atoms with van der Waals surface area (Å²) in [5, 5.41) is 9.65. The molecule has 3 rings (SSSR count). The van der Waals surface area contributed by atoms with E-state index in [-0.39, 0.29) is 11.3 Å². The Labute approximate surface area is 113 Å². The molecule has 1 aromatic heterocycles. The first-order valence-corrected chi connectivity index (χ1v) is 6.04. The number of halogens is 1. The number of phenolic OH excluding ortho intramolecular Hbond substituents is 1. The van der Waals surface area contributed by atoms with Gasteiger partial charge in [0.25, 0.3) is 5.56 Å². The Morgan fingerprint density at radius 1 is 1.15 bits per heavy atom. The summed E-state index contributed by atoms with van der Waals surface area (Å²) >= 11 is 0. The standard InChI is InChI=1S/C15H11FN2O2/c1-9-17-14-8-10(16)2-7-13(14)15(20)18(9)11-3-5-12(19)6-4-11/h2-8,19H,1H3. The van der Waals surface area contributed by atoms with Gasteiger partial charge in [-0.3, -0.25) is 9.36 Å². The third-order valence-corrected chi connectivity index (χ3v) is 3.11. The molecule has 3 aromatic rings. The Kier molecular flexibility index (Phi) is 2.75. The highest BCUT2D eigenvalue weighted by Crippen LogP contribution is 2.16. The van der Waals surface area contributed by atoms with Crippen LogP contribution in [0.1, 0.15) is 5.82 Å². The summed E-state index contributed by atoms with van der Waals surface area (Å²) in [5.41, 5.74) is 0.671. The Balaban J connectivity index is 2.34. The first-order valence-electron chi connectivity index (χ1n) is 6.04. The van der Waals surface area contributed by atoms with E-state index in [4.69, 9.17) is 0 Å². The van der Waals surface area contributed by atoms with E-state index in [1.165, 1.54) is 34.9 Å². The van der Waals surface area contributed by atoms with Crippen molar-refractivity contribution in [1.82, 2.24) is 9.55 Å². The van der Waals surface area contributed by atoms with Crippen LogP contribution in [0.4, 0.5) is 4.39 Å². The molecule has 0 saturated carbocycles. The van der Waals surface area contributed by atoms with Crippen molar-refractivity contribution in [1.29, 1.82) is 0 Å². The lowest BCUT2D eigenvalue weighted by Gasteiger charge is -2.10. The second-order valence-electron chi connectivity index (χ2n) is 4.48. The van der Waals surface area contributed by atoms with Crippen molar-refractivity contribution in [2.45, 2.75) is 6.92 Å². The molecule has 4 nitrogen and oxygen atoms in total. The number of aryl methyl sites for hydroxylation is 1. The second-order valence-corrected chi connectivity index (χ2v) is 4.48. The van der Waals surface area contributed by atoms with Crippen LogP contribution in [0.2, 0.25) is 0 Å². The van der Waals surface area contributed by atoms with Gasteiger partial charge in [0.1, 0.15) is 17.4 Å². The molecule has 20 heavy (non-hydrogen) atoms. The fourth-order valence-electron chi connectivity index (χ4n) is 2.18. The second kappa shape index (κ2) is 4.45. The number of hydrogen-bond donors (Lipinski definition) is 1. The number of aromatic hydroxyl groups is 1. The normalized spacial score (nSPS) is 10.9. The molecule has 0 saturated heterocycles. The largest absolute Gasteiger partial charge is 0.508 e. The van der Waals surface area contributed by atoms with Gasteiger partial charge >= 0.3 is 0 Å². The summed E-state index contributed by atoms with van der Waals surface area (Å²) < 4.78 is 14.6. The molecule has 0 radical (unpaired) electrons. The topological polar surface area (TPSA) is 55.1 Å². The van der Waals surface area contributed by atoms with Gasteiger partial charge in [0, 0.05) is 6.07 Å². The maximum Gasteiger partial charge on any atom is 0.265 e. The molecule has 0 spiro atoms. The highest BCUT2D eigenvalue weighted by atomic mass is 19.1. The zero-order chi connectivity index (χ0) is 14.3. The third kappa shape index (κ3) is 1.93. The maximum atomic E-state index is 13.2. The molecule has 0 aliphatic rings. The predicted molar refractivity (Wildman–Crippen MR) is 73.7 cm³/mol. The van der Waals surface area contributed by atoms with Crippen LogP contribution in [-0.2, 0) is 0 Å². The van der Waals surface area contributed by atoms with Gasteiger partial charge in [0.05, 0.1) is 16.6 Å². The van der Waals surface area contributed by atoms with Crippen LogP contribution in [-0.4, -0.2) is 14.7 Å². The molecule has 0 fully saturated rings. The lowest BCUT2D eigenvalue weighted by Crippen LogP contribution is -2.22. The zero-order valence-electron chi connectivity index (χ0n) is 10.7. The van der Waals surface area contributed by atoms with E-state index in [1.807, 2.05) is 0 Å². The summed E-state index contributed by atoms with van der Waals surface area (Å²) in [5.74, 6) is 0.153. The van der Waals surface area contributed by atoms with Crippen LogP contribution in [0, 0.1) is 12.7 Å². The van der Waals surface area contributed by atoms with E-state index in [1.54, 1.807) is 19.1 Å². The van der Waals surface area contributed by atoms with Gasteiger partial charge in [0.2, 0.25) is 0 Å². The Bertz CT molecular complexity index is 854. The summed E-state index contributed by atoms with van der Waals surface area (Å²) in [4.78, 5) is 16.7. The number of rotatable bonds is 1. The molecule has 5 heteroatoms. The number of benzene rings is 2. The summed E-state index contributed by atoms with van der Waals surface area (Å²) in [6.07, 6.45) is 0. The van der Waals surface area contributed by atoms with Crippen molar-refractivity contribution in [3.63, 3.8) is 0 Å². The van der Waals surface area contributed by atoms with Gasteiger partial charge in [0.15, 0.2) is 0 Å². The van der Waals surface area contributed by atoms with Gasteiger partial charge in [-0.2, -0.15) is 0 Å². The Morgan fingerprint density at radius 2 is 1.85 bits per heavy atom. The van der Waals surface area contributed by atoms with Crippen LogP contribution in [0.3, 0.4) is 0 Å². The highest BCUT2D eigenvalue weighted by Gasteiger charge is 2.10. The molecule has 0 atom stereocenters. The fraction of sp³-hybridized carbons (Fsp3) is 0.0667. The average molecular weight is 270 g/mol. The van der Waals surface area contributed by atoms with E-state index in [0.717, 1.165) is 0 Å². The molecule has 0 unspecified atom stereocenters. The molecule has 1 heterocycles. The summed E-state index contributed by atoms with van der Waals surface area (Å²) in [6.45, 7) is 1.68. The Hall–Kier alpha value is -2.69. The first-order chi connectivity index (χ1) is 9.56. The number of fused-ring (bicyclic) bond motifs is 1. The van der Waals surface area contributed by atoms with Gasteiger partial charge in [-0.15, -0.1) is 0 Å². The molecule has 1 N–H and O–H groups in total. The van der Waals surface area contributed by atoms with Crippen molar-refractivity contribution >= 4 is 10.9 Å². The number of nitrogens with zero attached hydrogens (tertiary/aromatic N) is 2. The molecular formula is C15H11FN2O2. The van der Waals surface area contributed by atoms with E-state index < -0.39 is 5.82 Å².